The lowest BCUT2D eigenvalue weighted by Gasteiger charge is -2.16. The van der Waals surface area contributed by atoms with Gasteiger partial charge in [-0.2, -0.15) is 0 Å². The lowest BCUT2D eigenvalue weighted by atomic mass is 10.1. The molecule has 32 heavy (non-hydrogen) atoms. The van der Waals surface area contributed by atoms with Crippen molar-refractivity contribution in [3.63, 3.8) is 0 Å². The molecule has 0 bridgehead atoms. The molecule has 0 radical (unpaired) electrons. The molecular weight excluding hydrogens is 440 g/mol. The summed E-state index contributed by atoms with van der Waals surface area (Å²) in [6.45, 7) is 0. The van der Waals surface area contributed by atoms with Gasteiger partial charge in [-0.3, -0.25) is 9.59 Å². The van der Waals surface area contributed by atoms with Gasteiger partial charge in [0.25, 0.3) is 0 Å². The highest BCUT2D eigenvalue weighted by molar-refractivity contribution is 5.86. The quantitative estimate of drug-likeness (QED) is 0.111. The fourth-order valence-electron chi connectivity index (χ4n) is 2.41. The zero-order valence-electron chi connectivity index (χ0n) is 16.9. The highest BCUT2D eigenvalue weighted by Crippen LogP contribution is 2.12. The van der Waals surface area contributed by atoms with Gasteiger partial charge in [0, 0.05) is 12.8 Å². The molecule has 4 unspecified atom stereocenters. The normalized spacial score (nSPS) is 14.4. The Morgan fingerprint density at radius 3 is 1.03 bits per heavy atom. The number of ether oxygens (including phenoxy) is 2. The third-order valence-electron chi connectivity index (χ3n) is 4.09. The number of rotatable bonds is 17. The van der Waals surface area contributed by atoms with Gasteiger partial charge in [0.1, 0.15) is 0 Å². The van der Waals surface area contributed by atoms with Crippen molar-refractivity contribution in [2.24, 2.45) is 0 Å². The van der Waals surface area contributed by atoms with Gasteiger partial charge in [-0.1, -0.05) is 25.7 Å². The summed E-state index contributed by atoms with van der Waals surface area (Å²) >= 11 is 0. The number of carboxylic acid groups (broad SMARTS) is 4. The van der Waals surface area contributed by atoms with Crippen molar-refractivity contribution < 1.29 is 68.9 Å². The molecule has 6 N–H and O–H groups in total. The first-order chi connectivity index (χ1) is 14.9. The van der Waals surface area contributed by atoms with E-state index < -0.39 is 60.2 Å². The average molecular weight is 466 g/mol. The monoisotopic (exact) mass is 466 g/mol. The lowest BCUT2D eigenvalue weighted by molar-refractivity contribution is -0.178. The Balaban J connectivity index is 4.04. The van der Waals surface area contributed by atoms with E-state index in [2.05, 4.69) is 9.47 Å². The van der Waals surface area contributed by atoms with E-state index in [9.17, 15) is 39.0 Å². The van der Waals surface area contributed by atoms with E-state index >= 15 is 0 Å². The molecule has 0 aliphatic carbocycles. The van der Waals surface area contributed by atoms with Gasteiger partial charge in [-0.05, 0) is 12.8 Å². The number of carbonyl (C=O) groups excluding carboxylic acids is 2. The van der Waals surface area contributed by atoms with E-state index in [1.54, 1.807) is 0 Å². The third kappa shape index (κ3) is 11.2. The fraction of sp³-hybridized carbons (Fsp3) is 0.667. The predicted octanol–water partition coefficient (Wildman–Crippen LogP) is -1.01. The molecular formula is C18H26O14. The number of aliphatic hydroxyl groups is 2. The second-order valence-electron chi connectivity index (χ2n) is 6.68. The van der Waals surface area contributed by atoms with Crippen LogP contribution in [0.5, 0.6) is 0 Å². The maximum absolute atomic E-state index is 11.6. The molecule has 0 aliphatic rings. The van der Waals surface area contributed by atoms with E-state index in [4.69, 9.17) is 20.4 Å². The minimum Gasteiger partial charge on any atom is -0.479 e. The van der Waals surface area contributed by atoms with Crippen LogP contribution >= 0.6 is 0 Å². The Hall–Kier alpha value is -3.26. The molecule has 0 spiro atoms. The standard InChI is InChI=1S/C18H26O14/c19-9(31-13(17(27)28)11(21)15(23)24)7-5-3-1-2-4-6-8-10(20)32-14(18(29)30)12(22)16(25)26/h11-14,21-22H,1-8H2,(H,23,24)(H,25,26)(H,27,28)(H,29,30). The van der Waals surface area contributed by atoms with Crippen molar-refractivity contribution in [2.45, 2.75) is 75.8 Å². The molecule has 182 valence electrons. The number of hydrogen-bond donors (Lipinski definition) is 6. The predicted molar refractivity (Wildman–Crippen MR) is 99.3 cm³/mol. The Labute approximate surface area is 181 Å². The molecule has 0 saturated heterocycles. The summed E-state index contributed by atoms with van der Waals surface area (Å²) < 4.78 is 8.94. The molecule has 0 heterocycles. The molecule has 14 nitrogen and oxygen atoms in total. The summed E-state index contributed by atoms with van der Waals surface area (Å²) in [6, 6.07) is 0. The molecule has 0 aromatic heterocycles. The van der Waals surface area contributed by atoms with Crippen molar-refractivity contribution in [1.29, 1.82) is 0 Å². The zero-order valence-corrected chi connectivity index (χ0v) is 16.9. The van der Waals surface area contributed by atoms with Crippen molar-refractivity contribution >= 4 is 35.8 Å². The maximum atomic E-state index is 11.6. The van der Waals surface area contributed by atoms with E-state index in [1.165, 1.54) is 0 Å². The van der Waals surface area contributed by atoms with Gasteiger partial charge in [0.05, 0.1) is 0 Å². The minimum absolute atomic E-state index is 0.190. The molecule has 0 aliphatic heterocycles. The first-order valence-corrected chi connectivity index (χ1v) is 9.54. The molecule has 0 saturated carbocycles. The molecule has 0 aromatic carbocycles. The topological polar surface area (TPSA) is 242 Å². The summed E-state index contributed by atoms with van der Waals surface area (Å²) in [4.78, 5) is 66.1. The van der Waals surface area contributed by atoms with Crippen LogP contribution in [0.15, 0.2) is 0 Å². The Kier molecular flexibility index (Phi) is 13.2. The number of aliphatic hydroxyl groups excluding tert-OH is 2. The Bertz CT molecular complexity index is 629. The molecule has 0 fully saturated rings. The van der Waals surface area contributed by atoms with E-state index in [1.807, 2.05) is 0 Å². The van der Waals surface area contributed by atoms with E-state index in [0.717, 1.165) is 0 Å². The molecule has 0 aromatic rings. The van der Waals surface area contributed by atoms with Gasteiger partial charge in [-0.25, -0.2) is 19.2 Å². The van der Waals surface area contributed by atoms with Crippen LogP contribution in [0.2, 0.25) is 0 Å². The van der Waals surface area contributed by atoms with Gasteiger partial charge in [-0.15, -0.1) is 0 Å². The summed E-state index contributed by atoms with van der Waals surface area (Å²) in [7, 11) is 0. The van der Waals surface area contributed by atoms with Crippen LogP contribution in [0.25, 0.3) is 0 Å². The second kappa shape index (κ2) is 14.7. The van der Waals surface area contributed by atoms with Crippen LogP contribution in [0, 0.1) is 0 Å². The highest BCUT2D eigenvalue weighted by atomic mass is 16.6. The van der Waals surface area contributed by atoms with Crippen LogP contribution in [-0.4, -0.2) is 90.9 Å². The lowest BCUT2D eigenvalue weighted by Crippen LogP contribution is -2.42. The van der Waals surface area contributed by atoms with Gasteiger partial charge < -0.3 is 40.1 Å². The summed E-state index contributed by atoms with van der Waals surface area (Å²) in [5.74, 6) is -9.22. The second-order valence-corrected chi connectivity index (χ2v) is 6.68. The molecule has 0 rings (SSSR count). The highest BCUT2D eigenvalue weighted by Gasteiger charge is 2.36. The third-order valence-corrected chi connectivity index (χ3v) is 4.09. The van der Waals surface area contributed by atoms with Crippen molar-refractivity contribution in [1.82, 2.24) is 0 Å². The van der Waals surface area contributed by atoms with Crippen molar-refractivity contribution in [3.05, 3.63) is 0 Å². The number of unbranched alkanes of at least 4 members (excludes halogenated alkanes) is 5. The fourth-order valence-corrected chi connectivity index (χ4v) is 2.41. The first-order valence-electron chi connectivity index (χ1n) is 9.54. The summed E-state index contributed by atoms with van der Waals surface area (Å²) in [5.41, 5.74) is 0. The molecule has 0 amide bonds. The number of carbonyl (C=O) groups is 6. The van der Waals surface area contributed by atoms with Gasteiger partial charge in [0.2, 0.25) is 12.2 Å². The van der Waals surface area contributed by atoms with Crippen LogP contribution in [0.3, 0.4) is 0 Å². The smallest absolute Gasteiger partial charge is 0.348 e. The number of carboxylic acids is 4. The van der Waals surface area contributed by atoms with E-state index in [-0.39, 0.29) is 12.8 Å². The Morgan fingerprint density at radius 1 is 0.500 bits per heavy atom. The number of esters is 2. The summed E-state index contributed by atoms with van der Waals surface area (Å²) in [5, 5.41) is 53.2. The summed E-state index contributed by atoms with van der Waals surface area (Å²) in [6.07, 6.45) is -6.65. The number of hydrogen-bond acceptors (Lipinski definition) is 10. The van der Waals surface area contributed by atoms with Crippen LogP contribution in [0.1, 0.15) is 51.4 Å². The maximum Gasteiger partial charge on any atom is 0.348 e. The Morgan fingerprint density at radius 2 is 0.781 bits per heavy atom. The SMILES string of the molecule is O=C(CCCCCCCCC(=O)OC(C(=O)O)C(O)C(=O)O)OC(C(=O)O)C(O)C(=O)O. The van der Waals surface area contributed by atoms with Gasteiger partial charge >= 0.3 is 35.8 Å². The van der Waals surface area contributed by atoms with Crippen LogP contribution in [0.4, 0.5) is 0 Å². The molecule has 14 heteroatoms. The van der Waals surface area contributed by atoms with Crippen molar-refractivity contribution in [3.8, 4) is 0 Å². The number of aliphatic carboxylic acids is 4. The van der Waals surface area contributed by atoms with Crippen LogP contribution < -0.4 is 0 Å². The zero-order chi connectivity index (χ0) is 24.8. The van der Waals surface area contributed by atoms with E-state index in [0.29, 0.717) is 38.5 Å². The van der Waals surface area contributed by atoms with Crippen molar-refractivity contribution in [2.75, 3.05) is 0 Å². The van der Waals surface area contributed by atoms with Crippen LogP contribution in [-0.2, 0) is 38.2 Å². The minimum atomic E-state index is -2.39. The first kappa shape index (κ1) is 28.7. The molecule has 4 atom stereocenters. The van der Waals surface area contributed by atoms with Gasteiger partial charge in [0.15, 0.2) is 12.2 Å². The largest absolute Gasteiger partial charge is 0.479 e. The average Bonchev–Trinajstić information content (AvgIpc) is 2.70.